The Morgan fingerprint density at radius 3 is 2.03 bits per heavy atom. The van der Waals surface area contributed by atoms with Crippen LogP contribution in [0.2, 0.25) is 0 Å². The zero-order valence-corrected chi connectivity index (χ0v) is 20.5. The van der Waals surface area contributed by atoms with Crippen molar-refractivity contribution in [3.05, 3.63) is 71.8 Å². The molecule has 12 heteroatoms. The minimum atomic E-state index is -5.91. The second-order valence-electron chi connectivity index (χ2n) is 9.01. The Morgan fingerprint density at radius 2 is 1.44 bits per heavy atom. The summed E-state index contributed by atoms with van der Waals surface area (Å²) in [6.07, 6.45) is -3.00. The van der Waals surface area contributed by atoms with Gasteiger partial charge in [0.2, 0.25) is 0 Å². The molecule has 4 rings (SSSR count). The number of halogens is 3. The molecule has 2 fully saturated rings. The first-order valence-electron chi connectivity index (χ1n) is 11.2. The van der Waals surface area contributed by atoms with Crippen LogP contribution in [-0.4, -0.2) is 57.0 Å². The molecular formula is C24H27F3O8S. The molecule has 0 amide bonds. The third-order valence-electron chi connectivity index (χ3n) is 5.73. The smallest absolute Gasteiger partial charge is 0.374 e. The first kappa shape index (κ1) is 27.0. The molecule has 2 aliphatic heterocycles. The van der Waals surface area contributed by atoms with E-state index in [9.17, 15) is 21.6 Å². The number of hydrogen-bond acceptors (Lipinski definition) is 8. The number of hydrogen-bond donors (Lipinski definition) is 0. The molecule has 0 spiro atoms. The second kappa shape index (κ2) is 10.4. The van der Waals surface area contributed by atoms with E-state index in [-0.39, 0.29) is 19.8 Å². The molecule has 8 nitrogen and oxygen atoms in total. The molecule has 0 radical (unpaired) electrons. The zero-order chi connectivity index (χ0) is 26.0. The van der Waals surface area contributed by atoms with Gasteiger partial charge in [-0.15, -0.1) is 0 Å². The summed E-state index contributed by atoms with van der Waals surface area (Å²) in [6, 6.07) is 18.1. The van der Waals surface area contributed by atoms with Crippen LogP contribution in [0.1, 0.15) is 25.0 Å². The van der Waals surface area contributed by atoms with Crippen LogP contribution in [0.15, 0.2) is 60.7 Å². The third kappa shape index (κ3) is 6.08. The molecule has 0 bridgehead atoms. The van der Waals surface area contributed by atoms with E-state index in [2.05, 4.69) is 4.18 Å². The monoisotopic (exact) mass is 532 g/mol. The fourth-order valence-electron chi connectivity index (χ4n) is 4.09. The number of rotatable bonds is 10. The average molecular weight is 533 g/mol. The molecule has 36 heavy (non-hydrogen) atoms. The highest BCUT2D eigenvalue weighted by Gasteiger charge is 2.64. The molecule has 0 N–H and O–H groups in total. The number of ether oxygens (including phenoxy) is 5. The minimum absolute atomic E-state index is 0.0499. The zero-order valence-electron chi connectivity index (χ0n) is 19.6. The van der Waals surface area contributed by atoms with Gasteiger partial charge in [-0.25, -0.2) is 0 Å². The highest BCUT2D eigenvalue weighted by atomic mass is 32.2. The fraction of sp³-hybridized carbons (Fsp3) is 0.500. The van der Waals surface area contributed by atoms with Crippen LogP contribution in [-0.2, 0) is 51.2 Å². The largest absolute Gasteiger partial charge is 0.523 e. The van der Waals surface area contributed by atoms with Crippen molar-refractivity contribution in [3.8, 4) is 0 Å². The summed E-state index contributed by atoms with van der Waals surface area (Å²) >= 11 is 0. The van der Waals surface area contributed by atoms with E-state index >= 15 is 0 Å². The molecule has 198 valence electrons. The Hall–Kier alpha value is -2.06. The number of benzene rings is 2. The van der Waals surface area contributed by atoms with Gasteiger partial charge in [-0.2, -0.15) is 21.6 Å². The molecule has 2 aromatic rings. The van der Waals surface area contributed by atoms with Gasteiger partial charge in [0, 0.05) is 0 Å². The molecule has 2 heterocycles. The summed E-state index contributed by atoms with van der Waals surface area (Å²) < 4.78 is 96.6. The van der Waals surface area contributed by atoms with Crippen molar-refractivity contribution in [2.75, 3.05) is 13.2 Å². The lowest BCUT2D eigenvalue weighted by molar-refractivity contribution is -0.260. The quantitative estimate of drug-likeness (QED) is 0.336. The highest BCUT2D eigenvalue weighted by molar-refractivity contribution is 7.87. The molecule has 1 unspecified atom stereocenters. The summed E-state index contributed by atoms with van der Waals surface area (Å²) in [4.78, 5) is 0. The lowest BCUT2D eigenvalue weighted by atomic mass is 9.96. The van der Waals surface area contributed by atoms with Crippen molar-refractivity contribution in [2.24, 2.45) is 0 Å². The predicted octanol–water partition coefficient (Wildman–Crippen LogP) is 3.90. The maximum Gasteiger partial charge on any atom is 0.523 e. The normalized spacial score (nSPS) is 27.8. The first-order valence-corrected chi connectivity index (χ1v) is 12.6. The van der Waals surface area contributed by atoms with Gasteiger partial charge < -0.3 is 23.7 Å². The van der Waals surface area contributed by atoms with Crippen molar-refractivity contribution >= 4 is 10.1 Å². The lowest BCUT2D eigenvalue weighted by Gasteiger charge is -2.36. The highest BCUT2D eigenvalue weighted by Crippen LogP contribution is 2.45. The molecule has 2 aliphatic rings. The fourth-order valence-corrected chi connectivity index (χ4v) is 4.58. The van der Waals surface area contributed by atoms with E-state index in [1.165, 1.54) is 0 Å². The van der Waals surface area contributed by atoms with Crippen LogP contribution in [0, 0.1) is 0 Å². The van der Waals surface area contributed by atoms with Gasteiger partial charge in [-0.1, -0.05) is 60.7 Å². The van der Waals surface area contributed by atoms with Crippen LogP contribution in [0.4, 0.5) is 13.2 Å². The van der Waals surface area contributed by atoms with Crippen molar-refractivity contribution in [1.29, 1.82) is 0 Å². The Kier molecular flexibility index (Phi) is 7.77. The first-order chi connectivity index (χ1) is 16.9. The molecule has 0 aromatic heterocycles. The molecule has 2 saturated heterocycles. The maximum atomic E-state index is 13.0. The summed E-state index contributed by atoms with van der Waals surface area (Å²) in [7, 11) is -5.91. The topological polar surface area (TPSA) is 89.5 Å². The summed E-state index contributed by atoms with van der Waals surface area (Å²) in [5.74, 6) is -1.06. The van der Waals surface area contributed by atoms with Gasteiger partial charge >= 0.3 is 15.6 Å². The van der Waals surface area contributed by atoms with Gasteiger partial charge in [0.05, 0.1) is 19.8 Å². The maximum absolute atomic E-state index is 13.0. The molecule has 4 atom stereocenters. The average Bonchev–Trinajstić information content (AvgIpc) is 3.25. The Bertz CT molecular complexity index is 1110. The van der Waals surface area contributed by atoms with Gasteiger partial charge in [-0.05, 0) is 25.0 Å². The third-order valence-corrected chi connectivity index (χ3v) is 6.72. The Labute approximate surface area is 207 Å². The van der Waals surface area contributed by atoms with E-state index in [0.29, 0.717) is 0 Å². The summed E-state index contributed by atoms with van der Waals surface area (Å²) in [6.45, 7) is 2.07. The van der Waals surface area contributed by atoms with Crippen LogP contribution >= 0.6 is 0 Å². The van der Waals surface area contributed by atoms with Crippen molar-refractivity contribution in [1.82, 2.24) is 0 Å². The van der Waals surface area contributed by atoms with Crippen LogP contribution < -0.4 is 0 Å². The van der Waals surface area contributed by atoms with E-state index in [1.54, 1.807) is 62.4 Å². The lowest BCUT2D eigenvalue weighted by Crippen LogP contribution is -2.54. The van der Waals surface area contributed by atoms with Crippen LogP contribution in [0.3, 0.4) is 0 Å². The van der Waals surface area contributed by atoms with Crippen molar-refractivity contribution in [2.45, 2.75) is 62.5 Å². The molecular weight excluding hydrogens is 505 g/mol. The minimum Gasteiger partial charge on any atom is -0.374 e. The van der Waals surface area contributed by atoms with Crippen molar-refractivity contribution in [3.63, 3.8) is 0 Å². The second-order valence-corrected chi connectivity index (χ2v) is 10.6. The molecule has 2 aromatic carbocycles. The predicted molar refractivity (Wildman–Crippen MR) is 120 cm³/mol. The molecule has 0 aliphatic carbocycles. The SMILES string of the molecule is CC1(C)O[C@H]2OC(COCc3ccccc3)(COS(=O)(=O)C(F)(F)F)[C@@H](OCc3ccccc3)[C@H]2O1. The van der Waals surface area contributed by atoms with Crippen molar-refractivity contribution < 1.29 is 49.5 Å². The standard InChI is InChI=1S/C24H27F3O8S/c1-22(2)33-19-20(31-14-18-11-7-4-8-12-18)23(35-21(19)34-22,16-32-36(28,29)24(25,26)27)15-30-13-17-9-5-3-6-10-17/h3-12,19-21H,13-16H2,1-2H3/t19-,20+,21+,23?/m1/s1. The number of alkyl halides is 3. The van der Waals surface area contributed by atoms with Crippen LogP contribution in [0.5, 0.6) is 0 Å². The summed E-state index contributed by atoms with van der Waals surface area (Å²) in [5.41, 5.74) is -5.82. The van der Waals surface area contributed by atoms with Gasteiger partial charge in [0.1, 0.15) is 24.4 Å². The summed E-state index contributed by atoms with van der Waals surface area (Å²) in [5, 5.41) is 0. The Balaban J connectivity index is 1.60. The van der Waals surface area contributed by atoms with Gasteiger partial charge in [0.15, 0.2) is 12.1 Å². The molecule has 0 saturated carbocycles. The van der Waals surface area contributed by atoms with E-state index in [0.717, 1.165) is 11.1 Å². The van der Waals surface area contributed by atoms with E-state index in [4.69, 9.17) is 23.7 Å². The van der Waals surface area contributed by atoms with Crippen LogP contribution in [0.25, 0.3) is 0 Å². The van der Waals surface area contributed by atoms with E-state index in [1.807, 2.05) is 12.1 Å². The van der Waals surface area contributed by atoms with E-state index < -0.39 is 52.1 Å². The number of fused-ring (bicyclic) bond motifs is 1. The van der Waals surface area contributed by atoms with Gasteiger partial charge in [0.25, 0.3) is 0 Å². The Morgan fingerprint density at radius 1 is 0.861 bits per heavy atom. The van der Waals surface area contributed by atoms with Gasteiger partial charge in [-0.3, -0.25) is 4.18 Å².